The number of thiophene rings is 1. The molecule has 3 heterocycles. The summed E-state index contributed by atoms with van der Waals surface area (Å²) in [7, 11) is 0. The number of esters is 1. The first-order valence-corrected chi connectivity index (χ1v) is 11.0. The zero-order chi connectivity index (χ0) is 20.9. The van der Waals surface area contributed by atoms with E-state index < -0.39 is 5.97 Å². The number of rotatable bonds is 7. The minimum Gasteiger partial charge on any atom is -0.462 e. The van der Waals surface area contributed by atoms with Gasteiger partial charge in [0.1, 0.15) is 5.00 Å². The molecule has 2 amide bonds. The summed E-state index contributed by atoms with van der Waals surface area (Å²) in [6.45, 7) is 11.4. The predicted molar refractivity (Wildman–Crippen MR) is 112 cm³/mol. The van der Waals surface area contributed by atoms with Gasteiger partial charge in [0, 0.05) is 30.9 Å². The molecule has 3 rings (SSSR count). The number of nitrogens with one attached hydrogen (secondary N) is 2. The smallest absolute Gasteiger partial charge is 0.341 e. The van der Waals surface area contributed by atoms with E-state index in [0.29, 0.717) is 30.1 Å². The Morgan fingerprint density at radius 2 is 2.03 bits per heavy atom. The van der Waals surface area contributed by atoms with Gasteiger partial charge in [-0.2, -0.15) is 0 Å². The molecule has 0 saturated carbocycles. The van der Waals surface area contributed by atoms with E-state index >= 15 is 0 Å². The molecule has 0 bridgehead atoms. The van der Waals surface area contributed by atoms with Gasteiger partial charge >= 0.3 is 12.0 Å². The SMILES string of the molecule is CCOC(=O)c1c(NC(=O)NCCCN2CCOCC2)sc2c1CC(C)(C)OC2. The second-order valence-corrected chi connectivity index (χ2v) is 8.95. The number of urea groups is 1. The molecule has 1 aromatic rings. The molecule has 162 valence electrons. The zero-order valence-electron chi connectivity index (χ0n) is 17.5. The van der Waals surface area contributed by atoms with Crippen molar-refractivity contribution in [1.29, 1.82) is 0 Å². The zero-order valence-corrected chi connectivity index (χ0v) is 18.3. The van der Waals surface area contributed by atoms with Crippen molar-refractivity contribution in [1.82, 2.24) is 10.2 Å². The number of ether oxygens (including phenoxy) is 3. The Balaban J connectivity index is 1.59. The third-order valence-electron chi connectivity index (χ3n) is 5.03. The average Bonchev–Trinajstić information content (AvgIpc) is 3.02. The van der Waals surface area contributed by atoms with Crippen LogP contribution < -0.4 is 10.6 Å². The molecule has 1 aromatic heterocycles. The van der Waals surface area contributed by atoms with Gasteiger partial charge in [-0.15, -0.1) is 11.3 Å². The molecule has 2 aliphatic rings. The molecule has 2 N–H and O–H groups in total. The van der Waals surface area contributed by atoms with Crippen LogP contribution in [0, 0.1) is 0 Å². The molecule has 1 fully saturated rings. The van der Waals surface area contributed by atoms with Gasteiger partial charge in [-0.25, -0.2) is 9.59 Å². The Kier molecular flexibility index (Phi) is 7.50. The molecule has 1 saturated heterocycles. The Morgan fingerprint density at radius 1 is 1.28 bits per heavy atom. The van der Waals surface area contributed by atoms with Gasteiger partial charge in [-0.1, -0.05) is 0 Å². The van der Waals surface area contributed by atoms with Crippen molar-refractivity contribution in [2.75, 3.05) is 51.3 Å². The number of hydrogen-bond donors (Lipinski definition) is 2. The van der Waals surface area contributed by atoms with Crippen molar-refractivity contribution in [2.24, 2.45) is 0 Å². The topological polar surface area (TPSA) is 89.1 Å². The summed E-state index contributed by atoms with van der Waals surface area (Å²) < 4.78 is 16.4. The maximum atomic E-state index is 12.6. The second kappa shape index (κ2) is 9.88. The van der Waals surface area contributed by atoms with E-state index in [-0.39, 0.29) is 18.2 Å². The third kappa shape index (κ3) is 5.91. The summed E-state index contributed by atoms with van der Waals surface area (Å²) in [6, 6.07) is -0.309. The van der Waals surface area contributed by atoms with Gasteiger partial charge < -0.3 is 19.5 Å². The van der Waals surface area contributed by atoms with Crippen LogP contribution in [-0.2, 0) is 27.2 Å². The van der Waals surface area contributed by atoms with Gasteiger partial charge in [0.05, 0.1) is 37.6 Å². The van der Waals surface area contributed by atoms with E-state index in [1.54, 1.807) is 6.92 Å². The molecule has 9 heteroatoms. The van der Waals surface area contributed by atoms with Crippen molar-refractivity contribution < 1.29 is 23.8 Å². The van der Waals surface area contributed by atoms with Crippen LogP contribution >= 0.6 is 11.3 Å². The van der Waals surface area contributed by atoms with Crippen LogP contribution in [0.15, 0.2) is 0 Å². The van der Waals surface area contributed by atoms with Crippen molar-refractivity contribution in [3.8, 4) is 0 Å². The lowest BCUT2D eigenvalue weighted by Gasteiger charge is -2.30. The maximum absolute atomic E-state index is 12.6. The first-order chi connectivity index (χ1) is 13.9. The monoisotopic (exact) mass is 425 g/mol. The lowest BCUT2D eigenvalue weighted by atomic mass is 9.93. The Labute approximate surface area is 175 Å². The van der Waals surface area contributed by atoms with E-state index in [2.05, 4.69) is 15.5 Å². The lowest BCUT2D eigenvalue weighted by molar-refractivity contribution is -0.0384. The number of morpholine rings is 1. The predicted octanol–water partition coefficient (Wildman–Crippen LogP) is 2.62. The van der Waals surface area contributed by atoms with Crippen LogP contribution in [0.5, 0.6) is 0 Å². The Bertz CT molecular complexity index is 728. The van der Waals surface area contributed by atoms with E-state index in [0.717, 1.165) is 49.7 Å². The summed E-state index contributed by atoms with van der Waals surface area (Å²) in [6.07, 6.45) is 1.47. The molecule has 0 spiro atoms. The highest BCUT2D eigenvalue weighted by atomic mass is 32.1. The molecular formula is C20H31N3O5S. The lowest BCUT2D eigenvalue weighted by Crippen LogP contribution is -2.38. The van der Waals surface area contributed by atoms with Crippen LogP contribution in [0.1, 0.15) is 48.0 Å². The standard InChI is InChI=1S/C20H31N3O5S/c1-4-27-18(24)16-14-12-20(2,3)28-13-15(14)29-17(16)22-19(25)21-6-5-7-23-8-10-26-11-9-23/h4-13H2,1-3H3,(H2,21,22,25). The number of nitrogens with zero attached hydrogens (tertiary/aromatic N) is 1. The summed E-state index contributed by atoms with van der Waals surface area (Å²) in [5.41, 5.74) is 1.04. The summed E-state index contributed by atoms with van der Waals surface area (Å²) in [5, 5.41) is 6.26. The number of hydrogen-bond acceptors (Lipinski definition) is 7. The Morgan fingerprint density at radius 3 is 2.76 bits per heavy atom. The van der Waals surface area contributed by atoms with Crippen molar-refractivity contribution >= 4 is 28.3 Å². The molecule has 8 nitrogen and oxygen atoms in total. The number of fused-ring (bicyclic) bond motifs is 1. The summed E-state index contributed by atoms with van der Waals surface area (Å²) in [4.78, 5) is 28.3. The van der Waals surface area contributed by atoms with Crippen LogP contribution in [0.4, 0.5) is 9.80 Å². The van der Waals surface area contributed by atoms with Gasteiger partial charge in [0.2, 0.25) is 0 Å². The molecule has 29 heavy (non-hydrogen) atoms. The first kappa shape index (κ1) is 22.0. The molecule has 0 unspecified atom stereocenters. The van der Waals surface area contributed by atoms with E-state index in [1.807, 2.05) is 13.8 Å². The van der Waals surface area contributed by atoms with Crippen LogP contribution in [-0.4, -0.2) is 68.5 Å². The maximum Gasteiger partial charge on any atom is 0.341 e. The Hall–Kier alpha value is -1.68. The fourth-order valence-electron chi connectivity index (χ4n) is 3.54. The average molecular weight is 426 g/mol. The summed E-state index contributed by atoms with van der Waals surface area (Å²) >= 11 is 1.39. The fourth-order valence-corrected chi connectivity index (χ4v) is 4.65. The second-order valence-electron chi connectivity index (χ2n) is 7.84. The van der Waals surface area contributed by atoms with Gasteiger partial charge in [-0.3, -0.25) is 10.2 Å². The molecular weight excluding hydrogens is 394 g/mol. The van der Waals surface area contributed by atoms with Gasteiger partial charge in [-0.05, 0) is 39.3 Å². The molecule has 0 aromatic carbocycles. The quantitative estimate of drug-likeness (QED) is 0.516. The van der Waals surface area contributed by atoms with Gasteiger partial charge in [0.25, 0.3) is 0 Å². The number of amides is 2. The highest BCUT2D eigenvalue weighted by Gasteiger charge is 2.34. The first-order valence-electron chi connectivity index (χ1n) is 10.2. The van der Waals surface area contributed by atoms with Crippen molar-refractivity contribution in [2.45, 2.75) is 45.8 Å². The largest absolute Gasteiger partial charge is 0.462 e. The van der Waals surface area contributed by atoms with Crippen LogP contribution in [0.2, 0.25) is 0 Å². The van der Waals surface area contributed by atoms with Crippen molar-refractivity contribution in [3.63, 3.8) is 0 Å². The highest BCUT2D eigenvalue weighted by Crippen LogP contribution is 2.40. The van der Waals surface area contributed by atoms with Crippen LogP contribution in [0.25, 0.3) is 0 Å². The summed E-state index contributed by atoms with van der Waals surface area (Å²) in [5.74, 6) is -0.398. The minimum absolute atomic E-state index is 0.288. The van der Waals surface area contributed by atoms with Crippen LogP contribution in [0.3, 0.4) is 0 Å². The number of anilines is 1. The number of carbonyl (C=O) groups is 2. The van der Waals surface area contributed by atoms with E-state index in [1.165, 1.54) is 11.3 Å². The minimum atomic E-state index is -0.398. The molecule has 0 aliphatic carbocycles. The van der Waals surface area contributed by atoms with E-state index in [9.17, 15) is 9.59 Å². The molecule has 0 atom stereocenters. The number of carbonyl (C=O) groups excluding carboxylic acids is 2. The normalized spacial score (nSPS) is 18.7. The third-order valence-corrected chi connectivity index (χ3v) is 6.16. The fraction of sp³-hybridized carbons (Fsp3) is 0.700. The van der Waals surface area contributed by atoms with E-state index in [4.69, 9.17) is 14.2 Å². The molecule has 2 aliphatic heterocycles. The van der Waals surface area contributed by atoms with Crippen molar-refractivity contribution in [3.05, 3.63) is 16.0 Å². The van der Waals surface area contributed by atoms with Gasteiger partial charge in [0.15, 0.2) is 0 Å². The molecule has 0 radical (unpaired) electrons. The highest BCUT2D eigenvalue weighted by molar-refractivity contribution is 7.17.